The number of allylic oxidation sites excluding steroid dienone is 2. The summed E-state index contributed by atoms with van der Waals surface area (Å²) in [6, 6.07) is -0.547. The van der Waals surface area contributed by atoms with Gasteiger partial charge in [0, 0.05) is 11.8 Å². The summed E-state index contributed by atoms with van der Waals surface area (Å²) in [7, 11) is -3.40. The number of hydrogen-bond acceptors (Lipinski definition) is 10. The van der Waals surface area contributed by atoms with Crippen molar-refractivity contribution in [3.63, 3.8) is 0 Å². The fourth-order valence-corrected chi connectivity index (χ4v) is 8.93. The van der Waals surface area contributed by atoms with Crippen molar-refractivity contribution in [3.05, 3.63) is 34.3 Å². The number of carbonyl (C=O) groups excluding carboxylic acids is 3. The molecule has 0 spiro atoms. The Kier molecular flexibility index (Phi) is 6.32. The van der Waals surface area contributed by atoms with Crippen molar-refractivity contribution >= 4 is 44.9 Å². The molecular weight excluding hydrogens is 496 g/mol. The molecule has 2 fully saturated rings. The summed E-state index contributed by atoms with van der Waals surface area (Å²) in [5.74, 6) is -2.24. The van der Waals surface area contributed by atoms with Gasteiger partial charge in [-0.15, -0.1) is 11.3 Å². The van der Waals surface area contributed by atoms with Crippen LogP contribution in [0.1, 0.15) is 56.8 Å². The molecular formula is C23H28N2O8S2. The number of ether oxygens (including phenoxy) is 2. The van der Waals surface area contributed by atoms with Crippen LogP contribution >= 0.6 is 11.3 Å². The van der Waals surface area contributed by atoms with Crippen LogP contribution in [0.25, 0.3) is 6.08 Å². The molecule has 1 aromatic heterocycles. The van der Waals surface area contributed by atoms with Gasteiger partial charge in [0.1, 0.15) is 22.0 Å². The fraction of sp³-hybridized carbons (Fsp3) is 0.565. The van der Waals surface area contributed by atoms with Gasteiger partial charge in [0.15, 0.2) is 21.2 Å². The first-order valence-corrected chi connectivity index (χ1v) is 13.5. The smallest absolute Gasteiger partial charge is 0.339 e. The van der Waals surface area contributed by atoms with Crippen LogP contribution in [0.15, 0.2) is 23.6 Å². The van der Waals surface area contributed by atoms with E-state index < -0.39 is 67.3 Å². The summed E-state index contributed by atoms with van der Waals surface area (Å²) >= 11 is 1.31. The van der Waals surface area contributed by atoms with E-state index in [2.05, 4.69) is 10.3 Å². The molecule has 1 aromatic rings. The second-order valence-corrected chi connectivity index (χ2v) is 13.2. The fourth-order valence-electron chi connectivity index (χ4n) is 5.09. The molecule has 2 saturated heterocycles. The van der Waals surface area contributed by atoms with Crippen LogP contribution < -0.4 is 5.32 Å². The van der Waals surface area contributed by atoms with Crippen LogP contribution in [0.3, 0.4) is 0 Å². The number of amides is 1. The number of hydrogen-bond donors (Lipinski definition) is 2. The van der Waals surface area contributed by atoms with Crippen molar-refractivity contribution in [2.75, 3.05) is 7.11 Å². The quantitative estimate of drug-likeness (QED) is 0.430. The molecule has 0 radical (unpaired) electrons. The molecule has 4 heterocycles. The molecule has 6 atom stereocenters. The molecule has 0 unspecified atom stereocenters. The van der Waals surface area contributed by atoms with Gasteiger partial charge < -0.3 is 19.9 Å². The molecule has 0 saturated carbocycles. The molecule has 1 amide bonds. The Balaban J connectivity index is 1.82. The Hall–Kier alpha value is -2.41. The van der Waals surface area contributed by atoms with Crippen LogP contribution in [0, 0.1) is 0 Å². The molecule has 190 valence electrons. The Morgan fingerprint density at radius 2 is 2.00 bits per heavy atom. The average Bonchev–Trinajstić information content (AvgIpc) is 3.42. The number of nitrogens with one attached hydrogen (secondary N) is 1. The SMILES string of the molecule is COC(=O)[C@](C)(O)[C@@]12CC[C@@](C)([C@@H]3O[C@H]3C(=O)/C=C/C=C\c3csc(n3)[C@@H](C)NC(=O)C1)S2(=O)=O. The molecule has 35 heavy (non-hydrogen) atoms. The first-order valence-electron chi connectivity index (χ1n) is 11.1. The average molecular weight is 525 g/mol. The summed E-state index contributed by atoms with van der Waals surface area (Å²) in [6.07, 6.45) is 3.34. The van der Waals surface area contributed by atoms with Gasteiger partial charge in [-0.1, -0.05) is 12.2 Å². The van der Waals surface area contributed by atoms with Gasteiger partial charge >= 0.3 is 5.97 Å². The number of rotatable bonds is 2. The highest BCUT2D eigenvalue weighted by Crippen LogP contribution is 2.57. The second kappa shape index (κ2) is 8.61. The van der Waals surface area contributed by atoms with Crippen LogP contribution in [-0.2, 0) is 33.7 Å². The van der Waals surface area contributed by atoms with E-state index >= 15 is 0 Å². The van der Waals surface area contributed by atoms with E-state index in [0.717, 1.165) is 14.0 Å². The van der Waals surface area contributed by atoms with Crippen molar-refractivity contribution < 1.29 is 37.4 Å². The number of esters is 1. The third-order valence-electron chi connectivity index (χ3n) is 7.37. The monoisotopic (exact) mass is 524 g/mol. The molecule has 4 bridgehead atoms. The van der Waals surface area contributed by atoms with Crippen molar-refractivity contribution in [1.29, 1.82) is 0 Å². The number of nitrogens with zero attached hydrogens (tertiary/aromatic N) is 1. The predicted molar refractivity (Wildman–Crippen MR) is 127 cm³/mol. The minimum atomic E-state index is -4.44. The lowest BCUT2D eigenvalue weighted by Gasteiger charge is -2.40. The van der Waals surface area contributed by atoms with E-state index in [9.17, 15) is 27.9 Å². The van der Waals surface area contributed by atoms with Crippen LogP contribution in [0.4, 0.5) is 0 Å². The van der Waals surface area contributed by atoms with Crippen LogP contribution in [0.2, 0.25) is 0 Å². The number of epoxide rings is 1. The van der Waals surface area contributed by atoms with Gasteiger partial charge in [0.05, 0.1) is 23.6 Å². The Labute approximate surface area is 207 Å². The first kappa shape index (κ1) is 25.7. The van der Waals surface area contributed by atoms with Crippen molar-refractivity contribution in [1.82, 2.24) is 10.3 Å². The van der Waals surface area contributed by atoms with Gasteiger partial charge in [-0.3, -0.25) is 9.59 Å². The van der Waals surface area contributed by atoms with E-state index in [-0.39, 0.29) is 12.8 Å². The van der Waals surface area contributed by atoms with Gasteiger partial charge in [-0.05, 0) is 45.8 Å². The summed E-state index contributed by atoms with van der Waals surface area (Å²) in [5.41, 5.74) is -1.90. The highest BCUT2D eigenvalue weighted by atomic mass is 32.2. The molecule has 10 nitrogen and oxygen atoms in total. The Bertz CT molecular complexity index is 1230. The van der Waals surface area contributed by atoms with Gasteiger partial charge in [0.2, 0.25) is 5.91 Å². The number of thiazole rings is 1. The van der Waals surface area contributed by atoms with E-state index in [0.29, 0.717) is 10.7 Å². The topological polar surface area (TPSA) is 152 Å². The molecule has 4 rings (SSSR count). The summed E-state index contributed by atoms with van der Waals surface area (Å²) in [4.78, 5) is 42.9. The Morgan fingerprint density at radius 3 is 2.69 bits per heavy atom. The maximum absolute atomic E-state index is 14.1. The van der Waals surface area contributed by atoms with E-state index in [4.69, 9.17) is 9.47 Å². The number of sulfone groups is 1. The number of aromatic nitrogens is 1. The normalized spacial score (nSPS) is 37.8. The Morgan fingerprint density at radius 1 is 1.31 bits per heavy atom. The van der Waals surface area contributed by atoms with Crippen LogP contribution in [-0.4, -0.2) is 70.6 Å². The standard InChI is InChI=1S/C23H28N2O8S2/c1-13-19-25-14(12-34-19)7-5-6-8-15(26)17-18(33-17)21(2)9-10-23(35(21,30)31,11-16(27)24-13)22(3,29)20(28)32-4/h5-8,12-13,17-18,29H,9-11H2,1-4H3,(H,24,27)/b7-5-,8-6+/t13-,17+,18-,21+,22+,23-/m1/s1. The second-order valence-electron chi connectivity index (χ2n) is 9.55. The number of aliphatic hydroxyl groups is 1. The highest BCUT2D eigenvalue weighted by Gasteiger charge is 2.75. The first-order chi connectivity index (χ1) is 16.3. The zero-order valence-electron chi connectivity index (χ0n) is 19.8. The van der Waals surface area contributed by atoms with Crippen molar-refractivity contribution in [2.24, 2.45) is 0 Å². The lowest BCUT2D eigenvalue weighted by atomic mass is 9.80. The summed E-state index contributed by atoms with van der Waals surface area (Å²) in [6.45, 7) is 4.20. The van der Waals surface area contributed by atoms with Gasteiger partial charge in [-0.2, -0.15) is 0 Å². The molecule has 0 aliphatic carbocycles. The zero-order chi connectivity index (χ0) is 25.8. The highest BCUT2D eigenvalue weighted by molar-refractivity contribution is 7.94. The number of ketones is 1. The van der Waals surface area contributed by atoms with Crippen molar-refractivity contribution in [2.45, 2.75) is 73.4 Å². The lowest BCUT2D eigenvalue weighted by Crippen LogP contribution is -2.64. The third-order valence-corrected chi connectivity index (χ3v) is 11.9. The van der Waals surface area contributed by atoms with Gasteiger partial charge in [-0.25, -0.2) is 18.2 Å². The minimum Gasteiger partial charge on any atom is -0.467 e. The summed E-state index contributed by atoms with van der Waals surface area (Å²) in [5, 5.41) is 16.4. The summed E-state index contributed by atoms with van der Waals surface area (Å²) < 4.78 is 34.8. The predicted octanol–water partition coefficient (Wildman–Crippen LogP) is 1.26. The largest absolute Gasteiger partial charge is 0.467 e. The molecule has 2 N–H and O–H groups in total. The third kappa shape index (κ3) is 3.87. The van der Waals surface area contributed by atoms with E-state index in [1.165, 1.54) is 30.4 Å². The lowest BCUT2D eigenvalue weighted by molar-refractivity contribution is -0.165. The van der Waals surface area contributed by atoms with E-state index in [1.54, 1.807) is 24.5 Å². The molecule has 3 aliphatic heterocycles. The zero-order valence-corrected chi connectivity index (χ0v) is 21.4. The maximum Gasteiger partial charge on any atom is 0.339 e. The number of carbonyl (C=O) groups is 3. The maximum atomic E-state index is 14.1. The molecule has 3 aliphatic rings. The van der Waals surface area contributed by atoms with Crippen molar-refractivity contribution in [3.8, 4) is 0 Å². The minimum absolute atomic E-state index is 0.0147. The number of fused-ring (bicyclic) bond motifs is 6. The van der Waals surface area contributed by atoms with Crippen LogP contribution in [0.5, 0.6) is 0 Å². The van der Waals surface area contributed by atoms with Gasteiger partial charge in [0.25, 0.3) is 0 Å². The van der Waals surface area contributed by atoms with E-state index in [1.807, 2.05) is 0 Å². The number of methoxy groups -OCH3 is 1. The molecule has 0 aromatic carbocycles. The molecule has 12 heteroatoms.